The number of aliphatic hydroxyl groups is 1. The van der Waals surface area contributed by atoms with Gasteiger partial charge in [-0.2, -0.15) is 0 Å². The number of carboxylic acid groups (broad SMARTS) is 1. The fourth-order valence-electron chi connectivity index (χ4n) is 7.71. The largest absolute Gasteiger partial charge is 0.480 e. The summed E-state index contributed by atoms with van der Waals surface area (Å²) in [6, 6.07) is -9.95. The number of aliphatic imine (C=N–C) groups is 1. The molecule has 0 bridgehead atoms. The molecular formula is C44H80N18O11. The number of likely N-dealkylation sites (tertiary alicyclic amines) is 1. The zero-order chi connectivity index (χ0) is 54.5. The van der Waals surface area contributed by atoms with Crippen molar-refractivity contribution >= 4 is 59.2 Å². The monoisotopic (exact) mass is 1040 g/mol. The van der Waals surface area contributed by atoms with Crippen LogP contribution in [0.15, 0.2) is 17.5 Å². The van der Waals surface area contributed by atoms with Gasteiger partial charge in [0.05, 0.1) is 25.0 Å². The molecule has 1 saturated heterocycles. The van der Waals surface area contributed by atoms with E-state index in [-0.39, 0.29) is 83.4 Å². The van der Waals surface area contributed by atoms with Crippen molar-refractivity contribution in [2.45, 2.75) is 151 Å². The van der Waals surface area contributed by atoms with Crippen LogP contribution in [0, 0.1) is 0 Å². The van der Waals surface area contributed by atoms with Crippen molar-refractivity contribution in [3.05, 3.63) is 18.2 Å². The predicted molar refractivity (Wildman–Crippen MR) is 267 cm³/mol. The van der Waals surface area contributed by atoms with Gasteiger partial charge in [0.15, 0.2) is 5.96 Å². The van der Waals surface area contributed by atoms with Crippen molar-refractivity contribution in [2.24, 2.45) is 45.1 Å². The van der Waals surface area contributed by atoms with Crippen LogP contribution in [0.3, 0.4) is 0 Å². The third-order valence-electron chi connectivity index (χ3n) is 11.9. The van der Waals surface area contributed by atoms with Crippen LogP contribution in [0.1, 0.15) is 96.1 Å². The van der Waals surface area contributed by atoms with E-state index in [0.29, 0.717) is 50.9 Å². The Hall–Kier alpha value is -6.53. The molecule has 0 unspecified atom stereocenters. The summed E-state index contributed by atoms with van der Waals surface area (Å²) in [5, 5.41) is 37.9. The van der Waals surface area contributed by atoms with Crippen LogP contribution in [0.4, 0.5) is 0 Å². The number of nitrogens with two attached hydrogens (primary N) is 7. The van der Waals surface area contributed by atoms with Crippen LogP contribution in [0.2, 0.25) is 0 Å². The maximum atomic E-state index is 14.2. The van der Waals surface area contributed by atoms with Crippen LogP contribution in [-0.4, -0.2) is 185 Å². The van der Waals surface area contributed by atoms with Crippen molar-refractivity contribution in [1.29, 1.82) is 0 Å². The number of hydrogen-bond donors (Lipinski definition) is 17. The molecule has 0 aliphatic carbocycles. The zero-order valence-electron chi connectivity index (χ0n) is 41.7. The van der Waals surface area contributed by atoms with Crippen molar-refractivity contribution in [3.63, 3.8) is 0 Å². The molecule has 9 atom stereocenters. The van der Waals surface area contributed by atoms with Gasteiger partial charge < -0.3 is 97.5 Å². The Morgan fingerprint density at radius 2 is 1.36 bits per heavy atom. The molecule has 0 spiro atoms. The summed E-state index contributed by atoms with van der Waals surface area (Å²) in [6.45, 7) is 1.31. The van der Waals surface area contributed by atoms with Crippen LogP contribution in [0.5, 0.6) is 0 Å². The third-order valence-corrected chi connectivity index (χ3v) is 11.9. The number of carbonyl (C=O) groups is 9. The fraction of sp³-hybridized carbons (Fsp3) is 0.705. The van der Waals surface area contributed by atoms with Gasteiger partial charge in [-0.25, -0.2) is 9.78 Å². The highest BCUT2D eigenvalue weighted by Gasteiger charge is 2.40. The molecule has 29 nitrogen and oxygen atoms in total. The second kappa shape index (κ2) is 34.0. The summed E-state index contributed by atoms with van der Waals surface area (Å²) >= 11 is 0. The molecule has 2 rings (SSSR count). The first-order valence-corrected chi connectivity index (χ1v) is 24.7. The number of rotatable bonds is 36. The minimum absolute atomic E-state index is 0.0147. The first-order valence-electron chi connectivity index (χ1n) is 24.7. The van der Waals surface area contributed by atoms with E-state index in [9.17, 15) is 53.4 Å². The Balaban J connectivity index is 2.20. The predicted octanol–water partition coefficient (Wildman–Crippen LogP) is -6.84. The highest BCUT2D eigenvalue weighted by Crippen LogP contribution is 2.21. The zero-order valence-corrected chi connectivity index (χ0v) is 41.7. The van der Waals surface area contributed by atoms with Gasteiger partial charge in [-0.1, -0.05) is 6.42 Å². The molecule has 0 radical (unpaired) electrons. The normalized spacial score (nSPS) is 16.5. The number of nitrogens with zero attached hydrogens (tertiary/aromatic N) is 3. The van der Waals surface area contributed by atoms with Crippen molar-refractivity contribution in [3.8, 4) is 0 Å². The van der Waals surface area contributed by atoms with E-state index in [1.807, 2.05) is 0 Å². The van der Waals surface area contributed by atoms with Crippen LogP contribution < -0.4 is 77.4 Å². The van der Waals surface area contributed by atoms with E-state index in [2.05, 4.69) is 52.2 Å². The maximum Gasteiger partial charge on any atom is 0.326 e. The summed E-state index contributed by atoms with van der Waals surface area (Å²) in [6.07, 6.45) is 5.24. The van der Waals surface area contributed by atoms with Crippen LogP contribution >= 0.6 is 0 Å². The van der Waals surface area contributed by atoms with E-state index in [1.54, 1.807) is 0 Å². The number of H-pyrrole nitrogens is 1. The Morgan fingerprint density at radius 1 is 0.740 bits per heavy atom. The van der Waals surface area contributed by atoms with Crippen molar-refractivity contribution in [1.82, 2.24) is 52.1 Å². The smallest absolute Gasteiger partial charge is 0.326 e. The van der Waals surface area contributed by atoms with Gasteiger partial charge >= 0.3 is 5.97 Å². The summed E-state index contributed by atoms with van der Waals surface area (Å²) in [5.41, 5.74) is 39.8. The Labute approximate surface area is 424 Å². The Kier molecular flexibility index (Phi) is 29.1. The summed E-state index contributed by atoms with van der Waals surface area (Å²) < 4.78 is 0. The highest BCUT2D eigenvalue weighted by atomic mass is 16.4. The number of aliphatic carboxylic acids is 1. The lowest BCUT2D eigenvalue weighted by molar-refractivity contribution is -0.143. The number of aliphatic hydroxyl groups excluding tert-OH is 1. The van der Waals surface area contributed by atoms with Gasteiger partial charge in [0.25, 0.3) is 0 Å². The number of imidazole rings is 1. The summed E-state index contributed by atoms with van der Waals surface area (Å²) in [4.78, 5) is 132. The standard InChI is InChI=1S/C44H80N18O11/c1-25(56-41(70)35(33(63)21-48)61-37(66)27(49)9-2-4-16-45)36(65)54-23-34(64)57-30(11-6-18-47)42(71)62-20-8-13-32(62)40(69)59-29(15-14-26-22-52-24-55-26)39(68)58-28(10-3-5-17-46)38(67)60-31(43(72)73)12-7-19-53-44(50)51/h22,24-25,27-33,35,63H,2-21,23,45-49H2,1H3,(H,52,55)(H,54,65)(H,56,70)(H,57,64)(H,58,68)(H,59,69)(H,60,67)(H,61,66)(H,72,73)(H4,50,51,53)/t25-,27-,28-,29-,30+,31+,32-,33-,35-/m0/s1. The lowest BCUT2D eigenvalue weighted by Crippen LogP contribution is -2.60. The number of aromatic nitrogens is 2. The van der Waals surface area contributed by atoms with E-state index in [4.69, 9.17) is 40.1 Å². The molecule has 29 heteroatoms. The molecule has 2 heterocycles. The topological polar surface area (TPSA) is 505 Å². The van der Waals surface area contributed by atoms with Gasteiger partial charge in [-0.3, -0.25) is 43.3 Å². The molecule has 1 aliphatic rings. The minimum Gasteiger partial charge on any atom is -0.480 e. The number of aromatic amines is 1. The second-order valence-corrected chi connectivity index (χ2v) is 17.7. The van der Waals surface area contributed by atoms with E-state index in [0.717, 1.165) is 0 Å². The molecule has 24 N–H and O–H groups in total. The maximum absolute atomic E-state index is 14.2. The molecule has 1 aromatic rings. The molecule has 1 aromatic heterocycles. The molecule has 0 saturated carbocycles. The lowest BCUT2D eigenvalue weighted by Gasteiger charge is -2.30. The SMILES string of the molecule is C[C@H](NC(=O)[C@@H](NC(=O)[C@@H](N)CCCCN)[C@@H](O)CN)C(=O)NCC(=O)N[C@H](CCCN)C(=O)N1CCC[C@H]1C(=O)N[C@@H](CCc1cnc[nH]1)C(=O)N[C@@H](CCCCN)C(=O)N[C@H](CCCN=C(N)N)C(=O)O. The molecule has 1 aliphatic heterocycles. The Bertz CT molecular complexity index is 1960. The highest BCUT2D eigenvalue weighted by molar-refractivity contribution is 5.97. The average molecular weight is 1040 g/mol. The van der Waals surface area contributed by atoms with E-state index in [1.165, 1.54) is 24.3 Å². The van der Waals surface area contributed by atoms with E-state index < -0.39 is 121 Å². The number of carboxylic acids is 1. The average Bonchev–Trinajstić information content (AvgIpc) is 4.08. The second-order valence-electron chi connectivity index (χ2n) is 17.7. The molecule has 412 valence electrons. The fourth-order valence-corrected chi connectivity index (χ4v) is 7.71. The van der Waals surface area contributed by atoms with E-state index >= 15 is 0 Å². The number of guanidine groups is 1. The lowest BCUT2D eigenvalue weighted by atomic mass is 10.0. The number of nitrogens with one attached hydrogen (secondary N) is 8. The quantitative estimate of drug-likeness (QED) is 0.0169. The van der Waals surface area contributed by atoms with Gasteiger partial charge in [-0.15, -0.1) is 0 Å². The number of hydrogen-bond acceptors (Lipinski definition) is 17. The van der Waals surface area contributed by atoms with Gasteiger partial charge in [0, 0.05) is 31.5 Å². The molecule has 73 heavy (non-hydrogen) atoms. The number of unbranched alkanes of at least 4 members (excludes halogenated alkanes) is 2. The number of amides is 8. The minimum atomic E-state index is -1.56. The van der Waals surface area contributed by atoms with Gasteiger partial charge in [0.2, 0.25) is 47.3 Å². The first-order chi connectivity index (χ1) is 34.8. The summed E-state index contributed by atoms with van der Waals surface area (Å²) in [5.74, 6) is -7.63. The molecule has 0 aromatic carbocycles. The third kappa shape index (κ3) is 22.8. The van der Waals surface area contributed by atoms with Crippen molar-refractivity contribution in [2.75, 3.05) is 45.8 Å². The Morgan fingerprint density at radius 3 is 1.96 bits per heavy atom. The van der Waals surface area contributed by atoms with Crippen molar-refractivity contribution < 1.29 is 53.4 Å². The van der Waals surface area contributed by atoms with Crippen LogP contribution in [-0.2, 0) is 49.6 Å². The number of carbonyl (C=O) groups excluding carboxylic acids is 8. The van der Waals surface area contributed by atoms with Gasteiger partial charge in [0.1, 0.15) is 42.3 Å². The first kappa shape index (κ1) is 62.6. The molecule has 8 amide bonds. The number of aryl methyl sites for hydroxylation is 1. The molecular weight excluding hydrogens is 957 g/mol. The van der Waals surface area contributed by atoms with Crippen LogP contribution in [0.25, 0.3) is 0 Å². The van der Waals surface area contributed by atoms with Gasteiger partial charge in [-0.05, 0) is 110 Å². The summed E-state index contributed by atoms with van der Waals surface area (Å²) in [7, 11) is 0. The molecule has 1 fully saturated rings.